The Kier molecular flexibility index (Phi) is 1.62. The number of hydrogen-bond acceptors (Lipinski definition) is 2. The molecular weight excluding hydrogens is 178 g/mol. The standard InChI is InChI=1S/C11H11NS/c1-2-4-10-8(3-1)7-9-5-6-13-11(9)12-10/h5-7H,1-4H2. The molecule has 3 rings (SSSR count). The van der Waals surface area contributed by atoms with Crippen molar-refractivity contribution in [2.75, 3.05) is 0 Å². The number of aryl methyl sites for hydroxylation is 2. The van der Waals surface area contributed by atoms with Crippen molar-refractivity contribution in [2.24, 2.45) is 0 Å². The minimum Gasteiger partial charge on any atom is -0.242 e. The zero-order chi connectivity index (χ0) is 8.67. The Balaban J connectivity index is 2.28. The molecule has 1 aliphatic carbocycles. The lowest BCUT2D eigenvalue weighted by atomic mass is 9.96. The van der Waals surface area contributed by atoms with E-state index in [0.717, 1.165) is 0 Å². The first-order valence-corrected chi connectivity index (χ1v) is 5.67. The minimum atomic E-state index is 1.18. The highest BCUT2D eigenvalue weighted by Crippen LogP contribution is 2.26. The average Bonchev–Trinajstić information content (AvgIpc) is 2.61. The van der Waals surface area contributed by atoms with Gasteiger partial charge in [-0.05, 0) is 48.8 Å². The largest absolute Gasteiger partial charge is 0.242 e. The molecule has 13 heavy (non-hydrogen) atoms. The highest BCUT2D eigenvalue weighted by atomic mass is 32.1. The summed E-state index contributed by atoms with van der Waals surface area (Å²) < 4.78 is 0. The number of pyridine rings is 1. The van der Waals surface area contributed by atoms with Gasteiger partial charge in [0.2, 0.25) is 0 Å². The second-order valence-corrected chi connectivity index (χ2v) is 4.51. The number of rotatable bonds is 0. The molecule has 0 aromatic carbocycles. The summed E-state index contributed by atoms with van der Waals surface area (Å²) in [6.45, 7) is 0. The third-order valence-electron chi connectivity index (χ3n) is 2.72. The van der Waals surface area contributed by atoms with Crippen LogP contribution in [0.3, 0.4) is 0 Å². The number of nitrogens with zero attached hydrogens (tertiary/aromatic N) is 1. The third-order valence-corrected chi connectivity index (χ3v) is 3.54. The van der Waals surface area contributed by atoms with Gasteiger partial charge in [-0.3, -0.25) is 0 Å². The maximum Gasteiger partial charge on any atom is 0.123 e. The zero-order valence-electron chi connectivity index (χ0n) is 7.42. The van der Waals surface area contributed by atoms with Crippen LogP contribution in [0.5, 0.6) is 0 Å². The Morgan fingerprint density at radius 1 is 1.23 bits per heavy atom. The highest BCUT2D eigenvalue weighted by molar-refractivity contribution is 7.16. The Bertz CT molecular complexity index is 404. The van der Waals surface area contributed by atoms with E-state index in [0.29, 0.717) is 0 Å². The Morgan fingerprint density at radius 2 is 2.15 bits per heavy atom. The molecule has 0 radical (unpaired) electrons. The van der Waals surface area contributed by atoms with Gasteiger partial charge >= 0.3 is 0 Å². The maximum absolute atomic E-state index is 4.69. The van der Waals surface area contributed by atoms with E-state index in [1.807, 2.05) is 0 Å². The fraction of sp³-hybridized carbons (Fsp3) is 0.364. The summed E-state index contributed by atoms with van der Waals surface area (Å²) in [4.78, 5) is 5.90. The number of fused-ring (bicyclic) bond motifs is 2. The highest BCUT2D eigenvalue weighted by Gasteiger charge is 2.11. The predicted molar refractivity (Wildman–Crippen MR) is 56.3 cm³/mol. The molecule has 2 heterocycles. The molecule has 2 aromatic rings. The van der Waals surface area contributed by atoms with Crippen molar-refractivity contribution >= 4 is 21.6 Å². The molecule has 0 amide bonds. The zero-order valence-corrected chi connectivity index (χ0v) is 8.23. The second kappa shape index (κ2) is 2.81. The molecule has 1 nitrogen and oxygen atoms in total. The molecule has 0 saturated carbocycles. The van der Waals surface area contributed by atoms with Crippen LogP contribution in [-0.2, 0) is 12.8 Å². The Labute approximate surface area is 81.4 Å². The van der Waals surface area contributed by atoms with Crippen LogP contribution in [0.2, 0.25) is 0 Å². The van der Waals surface area contributed by atoms with Gasteiger partial charge in [0.25, 0.3) is 0 Å². The maximum atomic E-state index is 4.69. The van der Waals surface area contributed by atoms with E-state index in [1.165, 1.54) is 47.2 Å². The van der Waals surface area contributed by atoms with Crippen molar-refractivity contribution < 1.29 is 0 Å². The lowest BCUT2D eigenvalue weighted by Crippen LogP contribution is -2.04. The minimum absolute atomic E-state index is 1.18. The van der Waals surface area contributed by atoms with E-state index >= 15 is 0 Å². The summed E-state index contributed by atoms with van der Waals surface area (Å²) in [5, 5.41) is 3.45. The van der Waals surface area contributed by atoms with Gasteiger partial charge in [0.05, 0.1) is 0 Å². The first-order chi connectivity index (χ1) is 6.43. The van der Waals surface area contributed by atoms with Crippen molar-refractivity contribution in [1.82, 2.24) is 4.98 Å². The van der Waals surface area contributed by atoms with Gasteiger partial charge in [0.1, 0.15) is 4.83 Å². The van der Waals surface area contributed by atoms with E-state index in [4.69, 9.17) is 4.98 Å². The molecule has 1 aliphatic rings. The van der Waals surface area contributed by atoms with Crippen LogP contribution in [0.15, 0.2) is 17.5 Å². The lowest BCUT2D eigenvalue weighted by Gasteiger charge is -2.13. The molecule has 0 atom stereocenters. The Morgan fingerprint density at radius 3 is 3.15 bits per heavy atom. The van der Waals surface area contributed by atoms with Gasteiger partial charge in [-0.2, -0.15) is 0 Å². The summed E-state index contributed by atoms with van der Waals surface area (Å²) >= 11 is 1.75. The fourth-order valence-corrected chi connectivity index (χ4v) is 2.79. The molecule has 0 spiro atoms. The number of thiophene rings is 1. The lowest BCUT2D eigenvalue weighted by molar-refractivity contribution is 0.671. The van der Waals surface area contributed by atoms with Crippen LogP contribution < -0.4 is 0 Å². The van der Waals surface area contributed by atoms with Crippen molar-refractivity contribution in [2.45, 2.75) is 25.7 Å². The molecule has 0 aliphatic heterocycles. The average molecular weight is 189 g/mol. The van der Waals surface area contributed by atoms with Gasteiger partial charge in [-0.1, -0.05) is 0 Å². The van der Waals surface area contributed by atoms with Crippen molar-refractivity contribution in [3.63, 3.8) is 0 Å². The van der Waals surface area contributed by atoms with Gasteiger partial charge in [-0.25, -0.2) is 4.98 Å². The van der Waals surface area contributed by atoms with Crippen molar-refractivity contribution in [3.8, 4) is 0 Å². The molecule has 0 bridgehead atoms. The summed E-state index contributed by atoms with van der Waals surface area (Å²) in [5.41, 5.74) is 2.83. The topological polar surface area (TPSA) is 12.9 Å². The van der Waals surface area contributed by atoms with Crippen molar-refractivity contribution in [1.29, 1.82) is 0 Å². The van der Waals surface area contributed by atoms with Crippen LogP contribution in [0, 0.1) is 0 Å². The van der Waals surface area contributed by atoms with Gasteiger partial charge < -0.3 is 0 Å². The third kappa shape index (κ3) is 1.17. The van der Waals surface area contributed by atoms with Gasteiger partial charge in [0, 0.05) is 11.1 Å². The SMILES string of the molecule is c1cc2cc3c(nc2s1)CCCC3. The second-order valence-electron chi connectivity index (χ2n) is 3.62. The first kappa shape index (κ1) is 7.51. The van der Waals surface area contributed by atoms with Crippen LogP contribution in [-0.4, -0.2) is 4.98 Å². The monoisotopic (exact) mass is 189 g/mol. The predicted octanol–water partition coefficient (Wildman–Crippen LogP) is 3.18. The quantitative estimate of drug-likeness (QED) is 0.620. The van der Waals surface area contributed by atoms with E-state index in [-0.39, 0.29) is 0 Å². The molecular formula is C11H11NS. The van der Waals surface area contributed by atoms with Crippen LogP contribution in [0.25, 0.3) is 10.2 Å². The van der Waals surface area contributed by atoms with E-state index in [1.54, 1.807) is 11.3 Å². The molecule has 0 fully saturated rings. The van der Waals surface area contributed by atoms with Gasteiger partial charge in [0.15, 0.2) is 0 Å². The van der Waals surface area contributed by atoms with E-state index < -0.39 is 0 Å². The summed E-state index contributed by atoms with van der Waals surface area (Å²) in [7, 11) is 0. The fourth-order valence-electron chi connectivity index (χ4n) is 2.02. The van der Waals surface area contributed by atoms with Crippen molar-refractivity contribution in [3.05, 3.63) is 28.8 Å². The first-order valence-electron chi connectivity index (χ1n) is 4.79. The molecule has 0 unspecified atom stereocenters. The number of hydrogen-bond donors (Lipinski definition) is 0. The summed E-state index contributed by atoms with van der Waals surface area (Å²) in [6.07, 6.45) is 5.07. The van der Waals surface area contributed by atoms with Gasteiger partial charge in [-0.15, -0.1) is 11.3 Å². The number of aromatic nitrogens is 1. The van der Waals surface area contributed by atoms with Crippen LogP contribution >= 0.6 is 11.3 Å². The smallest absolute Gasteiger partial charge is 0.123 e. The van der Waals surface area contributed by atoms with E-state index in [9.17, 15) is 0 Å². The van der Waals surface area contributed by atoms with Crippen LogP contribution in [0.4, 0.5) is 0 Å². The van der Waals surface area contributed by atoms with E-state index in [2.05, 4.69) is 17.5 Å². The summed E-state index contributed by atoms with van der Waals surface area (Å²) in [5.74, 6) is 0. The molecule has 0 saturated heterocycles. The molecule has 0 N–H and O–H groups in total. The van der Waals surface area contributed by atoms with Crippen LogP contribution in [0.1, 0.15) is 24.1 Å². The Hall–Kier alpha value is -0.890. The summed E-state index contributed by atoms with van der Waals surface area (Å²) in [6, 6.07) is 4.50. The normalized spacial score (nSPS) is 16.0. The molecule has 2 aromatic heterocycles. The molecule has 66 valence electrons. The molecule has 2 heteroatoms.